The molecule has 0 unspecified atom stereocenters. The largest absolute Gasteiger partial charge is 0.462 e. The molecule has 1 saturated heterocycles. The predicted molar refractivity (Wildman–Crippen MR) is 125 cm³/mol. The van der Waals surface area contributed by atoms with Crippen molar-refractivity contribution in [2.24, 2.45) is 0 Å². The van der Waals surface area contributed by atoms with Gasteiger partial charge in [-0.1, -0.05) is 66.4 Å². The average molecular weight is 450 g/mol. The second-order valence-corrected chi connectivity index (χ2v) is 8.43. The smallest absolute Gasteiger partial charge is 0.338 e. The molecule has 5 nitrogen and oxygen atoms in total. The van der Waals surface area contributed by atoms with Gasteiger partial charge in [-0.3, -0.25) is 9.69 Å². The first-order valence-electron chi connectivity index (χ1n) is 9.72. The van der Waals surface area contributed by atoms with Crippen LogP contribution in [0.5, 0.6) is 0 Å². The van der Waals surface area contributed by atoms with Crippen LogP contribution in [0.4, 0.5) is 0 Å². The summed E-state index contributed by atoms with van der Waals surface area (Å²) in [6, 6.07) is 20.4. The standard InChI is InChI=1S/C24H19NO4S2/c1-2-28-23(27)18-10-6-9-17(13-18)20-12-11-19(29-20)14-21-22(26)25(24(30)31-21)15-16-7-4-3-5-8-16/h3-14H,2,15H2,1H3/b21-14+. The molecule has 1 aromatic heterocycles. The van der Waals surface area contributed by atoms with Gasteiger partial charge >= 0.3 is 5.97 Å². The van der Waals surface area contributed by atoms with Crippen molar-refractivity contribution in [1.82, 2.24) is 4.90 Å². The summed E-state index contributed by atoms with van der Waals surface area (Å²) in [5.41, 5.74) is 2.22. The molecule has 7 heteroatoms. The molecule has 0 saturated carbocycles. The van der Waals surface area contributed by atoms with E-state index in [1.165, 1.54) is 11.8 Å². The molecular weight excluding hydrogens is 430 g/mol. The highest BCUT2D eigenvalue weighted by Crippen LogP contribution is 2.34. The highest BCUT2D eigenvalue weighted by Gasteiger charge is 2.32. The number of amides is 1. The minimum absolute atomic E-state index is 0.138. The summed E-state index contributed by atoms with van der Waals surface area (Å²) in [5, 5.41) is 0. The Bertz CT molecular complexity index is 1170. The van der Waals surface area contributed by atoms with E-state index < -0.39 is 0 Å². The van der Waals surface area contributed by atoms with Crippen LogP contribution in [0.15, 0.2) is 76.1 Å². The molecular formula is C24H19NO4S2. The molecule has 4 rings (SSSR count). The normalized spacial score (nSPS) is 15.0. The molecule has 2 aromatic carbocycles. The number of esters is 1. The van der Waals surface area contributed by atoms with Crippen molar-refractivity contribution in [1.29, 1.82) is 0 Å². The SMILES string of the molecule is CCOC(=O)c1cccc(-c2ccc(/C=C3/SC(=S)N(Cc4ccccc4)C3=O)o2)c1. The Morgan fingerprint density at radius 2 is 1.94 bits per heavy atom. The van der Waals surface area contributed by atoms with Gasteiger partial charge in [-0.05, 0) is 36.8 Å². The van der Waals surface area contributed by atoms with Crippen LogP contribution in [0.2, 0.25) is 0 Å². The lowest BCUT2D eigenvalue weighted by molar-refractivity contribution is -0.122. The number of nitrogens with zero attached hydrogens (tertiary/aromatic N) is 1. The molecule has 31 heavy (non-hydrogen) atoms. The number of hydrogen-bond acceptors (Lipinski definition) is 6. The van der Waals surface area contributed by atoms with Crippen LogP contribution < -0.4 is 0 Å². The molecule has 156 valence electrons. The Hall–Kier alpha value is -3.16. The summed E-state index contributed by atoms with van der Waals surface area (Å²) >= 11 is 6.67. The van der Waals surface area contributed by atoms with Crippen LogP contribution in [0.1, 0.15) is 28.6 Å². The van der Waals surface area contributed by atoms with E-state index in [9.17, 15) is 9.59 Å². The van der Waals surface area contributed by atoms with Gasteiger partial charge in [0.15, 0.2) is 0 Å². The summed E-state index contributed by atoms with van der Waals surface area (Å²) in [6.45, 7) is 2.52. The number of ether oxygens (including phenoxy) is 1. The number of thiocarbonyl (C=S) groups is 1. The van der Waals surface area contributed by atoms with E-state index >= 15 is 0 Å². The topological polar surface area (TPSA) is 59.8 Å². The van der Waals surface area contributed by atoms with Gasteiger partial charge in [0.25, 0.3) is 5.91 Å². The van der Waals surface area contributed by atoms with E-state index in [0.717, 1.165) is 11.1 Å². The van der Waals surface area contributed by atoms with Gasteiger partial charge in [0.05, 0.1) is 23.6 Å². The van der Waals surface area contributed by atoms with Crippen molar-refractivity contribution in [3.63, 3.8) is 0 Å². The zero-order chi connectivity index (χ0) is 21.8. The van der Waals surface area contributed by atoms with Gasteiger partial charge in [-0.25, -0.2) is 4.79 Å². The Morgan fingerprint density at radius 3 is 2.71 bits per heavy atom. The minimum atomic E-state index is -0.377. The lowest BCUT2D eigenvalue weighted by atomic mass is 10.1. The van der Waals surface area contributed by atoms with Crippen molar-refractivity contribution >= 4 is 46.3 Å². The highest BCUT2D eigenvalue weighted by atomic mass is 32.2. The van der Waals surface area contributed by atoms with E-state index in [1.807, 2.05) is 36.4 Å². The minimum Gasteiger partial charge on any atom is -0.462 e. The third-order valence-corrected chi connectivity index (χ3v) is 5.99. The quantitative estimate of drug-likeness (QED) is 0.280. The number of thioether (sulfide) groups is 1. The third-order valence-electron chi connectivity index (χ3n) is 4.62. The summed E-state index contributed by atoms with van der Waals surface area (Å²) in [5.74, 6) is 0.619. The Morgan fingerprint density at radius 1 is 1.13 bits per heavy atom. The van der Waals surface area contributed by atoms with Gasteiger partial charge in [-0.15, -0.1) is 0 Å². The molecule has 0 bridgehead atoms. The number of hydrogen-bond donors (Lipinski definition) is 0. The van der Waals surface area contributed by atoms with Crippen LogP contribution in [-0.2, 0) is 16.1 Å². The zero-order valence-corrected chi connectivity index (χ0v) is 18.4. The summed E-state index contributed by atoms with van der Waals surface area (Å²) in [6.07, 6.45) is 1.70. The predicted octanol–water partition coefficient (Wildman–Crippen LogP) is 5.52. The van der Waals surface area contributed by atoms with Crippen LogP contribution >= 0.6 is 24.0 Å². The average Bonchev–Trinajstić information content (AvgIpc) is 3.35. The lowest BCUT2D eigenvalue weighted by Crippen LogP contribution is -2.27. The van der Waals surface area contributed by atoms with E-state index in [0.29, 0.717) is 39.5 Å². The molecule has 2 heterocycles. The monoisotopic (exact) mass is 449 g/mol. The van der Waals surface area contributed by atoms with Gasteiger partial charge in [0.2, 0.25) is 0 Å². The van der Waals surface area contributed by atoms with Crippen molar-refractivity contribution in [2.45, 2.75) is 13.5 Å². The van der Waals surface area contributed by atoms with Crippen LogP contribution in [-0.4, -0.2) is 27.7 Å². The first-order chi connectivity index (χ1) is 15.0. The van der Waals surface area contributed by atoms with Gasteiger partial charge in [-0.2, -0.15) is 0 Å². The first-order valence-corrected chi connectivity index (χ1v) is 10.9. The maximum Gasteiger partial charge on any atom is 0.338 e. The van der Waals surface area contributed by atoms with E-state index in [4.69, 9.17) is 21.4 Å². The Kier molecular flexibility index (Phi) is 6.34. The molecule has 0 radical (unpaired) electrons. The van der Waals surface area contributed by atoms with E-state index in [2.05, 4.69) is 0 Å². The number of furan rings is 1. The molecule has 1 aliphatic heterocycles. The van der Waals surface area contributed by atoms with E-state index in [-0.39, 0.29) is 11.9 Å². The van der Waals surface area contributed by atoms with Crippen molar-refractivity contribution in [3.8, 4) is 11.3 Å². The van der Waals surface area contributed by atoms with Crippen LogP contribution in [0.25, 0.3) is 17.4 Å². The van der Waals surface area contributed by atoms with Crippen LogP contribution in [0.3, 0.4) is 0 Å². The fourth-order valence-corrected chi connectivity index (χ4v) is 4.37. The third kappa shape index (κ3) is 4.78. The maximum absolute atomic E-state index is 12.8. The molecule has 3 aromatic rings. The van der Waals surface area contributed by atoms with Gasteiger partial charge < -0.3 is 9.15 Å². The molecule has 1 fully saturated rings. The molecule has 1 amide bonds. The van der Waals surface area contributed by atoms with Crippen molar-refractivity contribution in [3.05, 3.63) is 88.5 Å². The van der Waals surface area contributed by atoms with Gasteiger partial charge in [0.1, 0.15) is 15.8 Å². The summed E-state index contributed by atoms with van der Waals surface area (Å²) < 4.78 is 11.5. The lowest BCUT2D eigenvalue weighted by Gasteiger charge is -2.14. The fourth-order valence-electron chi connectivity index (χ4n) is 3.13. The highest BCUT2D eigenvalue weighted by molar-refractivity contribution is 8.26. The molecule has 0 aliphatic carbocycles. The second kappa shape index (κ2) is 9.32. The number of carbonyl (C=O) groups is 2. The van der Waals surface area contributed by atoms with Crippen LogP contribution in [0, 0.1) is 0 Å². The Balaban J connectivity index is 1.52. The molecule has 1 aliphatic rings. The number of carbonyl (C=O) groups excluding carboxylic acids is 2. The molecule has 0 N–H and O–H groups in total. The van der Waals surface area contributed by atoms with E-state index in [1.54, 1.807) is 48.2 Å². The first kappa shape index (κ1) is 21.1. The van der Waals surface area contributed by atoms with Crippen molar-refractivity contribution < 1.29 is 18.7 Å². The second-order valence-electron chi connectivity index (χ2n) is 6.76. The summed E-state index contributed by atoms with van der Waals surface area (Å²) in [4.78, 5) is 26.9. The summed E-state index contributed by atoms with van der Waals surface area (Å²) in [7, 11) is 0. The maximum atomic E-state index is 12.8. The number of benzene rings is 2. The van der Waals surface area contributed by atoms with Gasteiger partial charge in [0, 0.05) is 11.6 Å². The molecule has 0 atom stereocenters. The zero-order valence-electron chi connectivity index (χ0n) is 16.7. The fraction of sp³-hybridized carbons (Fsp3) is 0.125. The van der Waals surface area contributed by atoms with Crippen molar-refractivity contribution in [2.75, 3.05) is 6.61 Å². The molecule has 0 spiro atoms. The Labute approximate surface area is 189 Å². The number of rotatable bonds is 6.